The Hall–Kier alpha value is -2.11. The topological polar surface area (TPSA) is 72.8 Å². The maximum atomic E-state index is 12.1. The second kappa shape index (κ2) is 6.88. The van der Waals surface area contributed by atoms with Crippen molar-refractivity contribution in [1.29, 1.82) is 0 Å². The van der Waals surface area contributed by atoms with Gasteiger partial charge in [0.1, 0.15) is 0 Å². The van der Waals surface area contributed by atoms with Gasteiger partial charge in [0, 0.05) is 18.5 Å². The zero-order valence-corrected chi connectivity index (χ0v) is 11.1. The molecule has 2 aromatic rings. The van der Waals surface area contributed by atoms with E-state index in [4.69, 9.17) is 10.2 Å². The summed E-state index contributed by atoms with van der Waals surface area (Å²) in [5.74, 6) is 0. The van der Waals surface area contributed by atoms with Crippen molar-refractivity contribution < 1.29 is 15.0 Å². The van der Waals surface area contributed by atoms with E-state index in [0.717, 1.165) is 10.8 Å². The molecular weight excluding hydrogens is 256 g/mol. The molecule has 0 radical (unpaired) electrons. The van der Waals surface area contributed by atoms with Crippen LogP contribution in [0.5, 0.6) is 0 Å². The minimum Gasteiger partial charge on any atom is -0.395 e. The third-order valence-electron chi connectivity index (χ3n) is 3.06. The average Bonchev–Trinajstić information content (AvgIpc) is 2.47. The van der Waals surface area contributed by atoms with Gasteiger partial charge in [0.05, 0.1) is 18.9 Å². The molecule has 0 aliphatic carbocycles. The van der Waals surface area contributed by atoms with Crippen molar-refractivity contribution in [2.45, 2.75) is 0 Å². The Kier molecular flexibility index (Phi) is 4.92. The van der Waals surface area contributed by atoms with Gasteiger partial charge in [-0.05, 0) is 11.5 Å². The number of nitrogens with zero attached hydrogens (tertiary/aromatic N) is 1. The SMILES string of the molecule is O=C(Nc1cccc2ccccc12)N(CCO)CCO. The van der Waals surface area contributed by atoms with Crippen molar-refractivity contribution in [3.63, 3.8) is 0 Å². The Morgan fingerprint density at radius 1 is 1.00 bits per heavy atom. The number of fused-ring (bicyclic) bond motifs is 1. The molecule has 0 aliphatic rings. The summed E-state index contributed by atoms with van der Waals surface area (Å²) in [5, 5.41) is 22.7. The molecule has 0 aromatic heterocycles. The zero-order chi connectivity index (χ0) is 14.4. The van der Waals surface area contributed by atoms with Crippen LogP contribution in [-0.2, 0) is 0 Å². The Balaban J connectivity index is 2.20. The van der Waals surface area contributed by atoms with E-state index in [-0.39, 0.29) is 32.3 Å². The van der Waals surface area contributed by atoms with E-state index >= 15 is 0 Å². The van der Waals surface area contributed by atoms with Gasteiger partial charge in [-0.25, -0.2) is 4.79 Å². The largest absolute Gasteiger partial charge is 0.395 e. The molecule has 0 heterocycles. The molecular formula is C15H18N2O3. The predicted molar refractivity (Wildman–Crippen MR) is 78.7 cm³/mol. The van der Waals surface area contributed by atoms with Crippen LogP contribution in [0.1, 0.15) is 0 Å². The van der Waals surface area contributed by atoms with Crippen LogP contribution < -0.4 is 5.32 Å². The van der Waals surface area contributed by atoms with Gasteiger partial charge in [-0.3, -0.25) is 0 Å². The molecule has 106 valence electrons. The number of urea groups is 1. The van der Waals surface area contributed by atoms with Gasteiger partial charge in [-0.15, -0.1) is 0 Å². The second-order valence-corrected chi connectivity index (χ2v) is 4.39. The molecule has 0 aliphatic heterocycles. The number of carbonyl (C=O) groups excluding carboxylic acids is 1. The number of hydrogen-bond donors (Lipinski definition) is 3. The summed E-state index contributed by atoms with van der Waals surface area (Å²) in [5.41, 5.74) is 0.717. The van der Waals surface area contributed by atoms with Crippen LogP contribution in [0.25, 0.3) is 10.8 Å². The molecule has 0 spiro atoms. The molecule has 5 heteroatoms. The molecule has 2 aromatic carbocycles. The number of aliphatic hydroxyl groups is 2. The number of rotatable bonds is 5. The molecule has 0 atom stereocenters. The van der Waals surface area contributed by atoms with E-state index in [0.29, 0.717) is 5.69 Å². The first kappa shape index (κ1) is 14.3. The van der Waals surface area contributed by atoms with E-state index in [1.807, 2.05) is 42.5 Å². The van der Waals surface area contributed by atoms with Gasteiger partial charge in [0.25, 0.3) is 0 Å². The fourth-order valence-electron chi connectivity index (χ4n) is 2.08. The van der Waals surface area contributed by atoms with Gasteiger partial charge in [-0.2, -0.15) is 0 Å². The number of benzene rings is 2. The summed E-state index contributed by atoms with van der Waals surface area (Å²) < 4.78 is 0. The van der Waals surface area contributed by atoms with Crippen LogP contribution in [0.3, 0.4) is 0 Å². The van der Waals surface area contributed by atoms with Crippen molar-refractivity contribution in [1.82, 2.24) is 4.90 Å². The molecule has 20 heavy (non-hydrogen) atoms. The van der Waals surface area contributed by atoms with Crippen LogP contribution in [0.15, 0.2) is 42.5 Å². The molecule has 5 nitrogen and oxygen atoms in total. The predicted octanol–water partition coefficient (Wildman–Crippen LogP) is 1.66. The number of hydrogen-bond acceptors (Lipinski definition) is 3. The Labute approximate surface area is 117 Å². The van der Waals surface area contributed by atoms with Crippen molar-refractivity contribution in [2.24, 2.45) is 0 Å². The summed E-state index contributed by atoms with van der Waals surface area (Å²) in [6, 6.07) is 13.1. The monoisotopic (exact) mass is 274 g/mol. The lowest BCUT2D eigenvalue weighted by Gasteiger charge is -2.21. The second-order valence-electron chi connectivity index (χ2n) is 4.39. The highest BCUT2D eigenvalue weighted by Crippen LogP contribution is 2.23. The van der Waals surface area contributed by atoms with Crippen LogP contribution >= 0.6 is 0 Å². The van der Waals surface area contributed by atoms with Crippen LogP contribution in [-0.4, -0.2) is 47.4 Å². The van der Waals surface area contributed by atoms with Crippen molar-refractivity contribution in [2.75, 3.05) is 31.6 Å². The summed E-state index contributed by atoms with van der Waals surface area (Å²) in [7, 11) is 0. The standard InChI is InChI=1S/C15H18N2O3/c18-10-8-17(9-11-19)15(20)16-14-7-3-5-12-4-1-2-6-13(12)14/h1-7,18-19H,8-11H2,(H,16,20). The first-order chi connectivity index (χ1) is 9.76. The summed E-state index contributed by atoms with van der Waals surface area (Å²) in [6.45, 7) is 0.111. The number of nitrogens with one attached hydrogen (secondary N) is 1. The highest BCUT2D eigenvalue weighted by molar-refractivity contribution is 6.01. The lowest BCUT2D eigenvalue weighted by Crippen LogP contribution is -2.39. The lowest BCUT2D eigenvalue weighted by molar-refractivity contribution is 0.168. The molecule has 0 bridgehead atoms. The number of aliphatic hydroxyl groups excluding tert-OH is 2. The van der Waals surface area contributed by atoms with E-state index in [9.17, 15) is 4.79 Å². The number of anilines is 1. The quantitative estimate of drug-likeness (QED) is 0.776. The van der Waals surface area contributed by atoms with Crippen LogP contribution in [0, 0.1) is 0 Å². The van der Waals surface area contributed by atoms with E-state index in [1.54, 1.807) is 0 Å². The maximum absolute atomic E-state index is 12.1. The number of amides is 2. The third-order valence-corrected chi connectivity index (χ3v) is 3.06. The first-order valence-electron chi connectivity index (χ1n) is 6.51. The summed E-state index contributed by atoms with van der Waals surface area (Å²) >= 11 is 0. The minimum atomic E-state index is -0.329. The first-order valence-corrected chi connectivity index (χ1v) is 6.51. The highest BCUT2D eigenvalue weighted by atomic mass is 16.3. The van der Waals surface area contributed by atoms with E-state index < -0.39 is 0 Å². The minimum absolute atomic E-state index is 0.136. The molecule has 0 saturated heterocycles. The Morgan fingerprint density at radius 3 is 2.35 bits per heavy atom. The van der Waals surface area contributed by atoms with E-state index in [1.165, 1.54) is 4.90 Å². The van der Waals surface area contributed by atoms with Gasteiger partial charge in [0.15, 0.2) is 0 Å². The molecule has 0 unspecified atom stereocenters. The fourth-order valence-corrected chi connectivity index (χ4v) is 2.08. The molecule has 3 N–H and O–H groups in total. The molecule has 2 amide bonds. The van der Waals surface area contributed by atoms with Crippen LogP contribution in [0.4, 0.5) is 10.5 Å². The molecule has 0 fully saturated rings. The summed E-state index contributed by atoms with van der Waals surface area (Å²) in [4.78, 5) is 13.5. The molecule has 0 saturated carbocycles. The fraction of sp³-hybridized carbons (Fsp3) is 0.267. The Bertz CT molecular complexity index is 575. The summed E-state index contributed by atoms with van der Waals surface area (Å²) in [6.07, 6.45) is 0. The van der Waals surface area contributed by atoms with E-state index in [2.05, 4.69) is 5.32 Å². The Morgan fingerprint density at radius 2 is 1.65 bits per heavy atom. The average molecular weight is 274 g/mol. The van der Waals surface area contributed by atoms with Crippen molar-refractivity contribution in [3.8, 4) is 0 Å². The van der Waals surface area contributed by atoms with Crippen molar-refractivity contribution in [3.05, 3.63) is 42.5 Å². The zero-order valence-electron chi connectivity index (χ0n) is 11.1. The molecule has 2 rings (SSSR count). The van der Waals surface area contributed by atoms with Crippen molar-refractivity contribution >= 4 is 22.5 Å². The highest BCUT2D eigenvalue weighted by Gasteiger charge is 2.13. The van der Waals surface area contributed by atoms with Crippen LogP contribution in [0.2, 0.25) is 0 Å². The van der Waals surface area contributed by atoms with Gasteiger partial charge in [0.2, 0.25) is 0 Å². The number of carbonyl (C=O) groups is 1. The van der Waals surface area contributed by atoms with Gasteiger partial charge in [-0.1, -0.05) is 36.4 Å². The normalized spacial score (nSPS) is 10.5. The van der Waals surface area contributed by atoms with Gasteiger partial charge < -0.3 is 20.4 Å². The third kappa shape index (κ3) is 3.26. The maximum Gasteiger partial charge on any atom is 0.322 e. The smallest absolute Gasteiger partial charge is 0.322 e. The lowest BCUT2D eigenvalue weighted by atomic mass is 10.1. The van der Waals surface area contributed by atoms with Gasteiger partial charge >= 0.3 is 6.03 Å².